The van der Waals surface area contributed by atoms with Crippen LogP contribution < -0.4 is 0 Å². The van der Waals surface area contributed by atoms with Gasteiger partial charge in [0.25, 0.3) is 0 Å². The molecule has 2 heteroatoms. The molecular weight excluding hydrogens is 236 g/mol. The van der Waals surface area contributed by atoms with Gasteiger partial charge in [0, 0.05) is 5.39 Å². The molecule has 1 aromatic heterocycles. The maximum Gasteiger partial charge on any atom is 0.223 e. The van der Waals surface area contributed by atoms with Crippen LogP contribution in [0.2, 0.25) is 0 Å². The third-order valence-electron chi connectivity index (χ3n) is 3.73. The Morgan fingerprint density at radius 3 is 2.79 bits per heavy atom. The molecule has 0 atom stereocenters. The second-order valence-corrected chi connectivity index (χ2v) is 5.16. The first kappa shape index (κ1) is 12.2. The van der Waals surface area contributed by atoms with Crippen molar-refractivity contribution in [1.82, 2.24) is 0 Å². The average molecular weight is 254 g/mol. The Morgan fingerprint density at radius 2 is 1.89 bits per heavy atom. The van der Waals surface area contributed by atoms with Gasteiger partial charge < -0.3 is 4.42 Å². The van der Waals surface area contributed by atoms with Crippen molar-refractivity contribution in [3.05, 3.63) is 47.7 Å². The zero-order valence-corrected chi connectivity index (χ0v) is 11.0. The van der Waals surface area contributed by atoms with Gasteiger partial charge in [0.05, 0.1) is 0 Å². The highest BCUT2D eigenvalue weighted by molar-refractivity contribution is 6.08. The predicted molar refractivity (Wildman–Crippen MR) is 76.3 cm³/mol. The number of fused-ring (bicyclic) bond motifs is 1. The van der Waals surface area contributed by atoms with E-state index >= 15 is 0 Å². The molecule has 2 aromatic rings. The summed E-state index contributed by atoms with van der Waals surface area (Å²) < 4.78 is 5.66. The molecule has 1 aromatic carbocycles. The molecular formula is C17H18O2. The van der Waals surface area contributed by atoms with E-state index in [4.69, 9.17) is 4.42 Å². The highest BCUT2D eigenvalue weighted by Gasteiger charge is 2.17. The third-order valence-corrected chi connectivity index (χ3v) is 3.73. The largest absolute Gasteiger partial charge is 0.453 e. The zero-order chi connectivity index (χ0) is 13.1. The van der Waals surface area contributed by atoms with E-state index in [-0.39, 0.29) is 5.78 Å². The molecule has 0 saturated heterocycles. The second kappa shape index (κ2) is 5.43. The first-order chi connectivity index (χ1) is 9.34. The van der Waals surface area contributed by atoms with Gasteiger partial charge in [-0.1, -0.05) is 37.1 Å². The molecule has 1 heterocycles. The van der Waals surface area contributed by atoms with Gasteiger partial charge in [-0.15, -0.1) is 0 Å². The zero-order valence-electron chi connectivity index (χ0n) is 11.0. The van der Waals surface area contributed by atoms with Gasteiger partial charge in [0.15, 0.2) is 5.76 Å². The Hall–Kier alpha value is -1.83. The number of para-hydroxylation sites is 1. The van der Waals surface area contributed by atoms with Gasteiger partial charge >= 0.3 is 0 Å². The Kier molecular flexibility index (Phi) is 3.49. The van der Waals surface area contributed by atoms with Crippen LogP contribution in [0.25, 0.3) is 11.0 Å². The summed E-state index contributed by atoms with van der Waals surface area (Å²) in [6.07, 6.45) is 8.81. The normalized spacial score (nSPS) is 19.5. The van der Waals surface area contributed by atoms with Gasteiger partial charge in [0.2, 0.25) is 5.78 Å². The summed E-state index contributed by atoms with van der Waals surface area (Å²) >= 11 is 0. The first-order valence-corrected chi connectivity index (χ1v) is 7.07. The molecule has 0 amide bonds. The fourth-order valence-corrected chi connectivity index (χ4v) is 2.65. The van der Waals surface area contributed by atoms with E-state index in [1.807, 2.05) is 30.3 Å². The number of rotatable bonds is 2. The molecule has 0 fully saturated rings. The Bertz CT molecular complexity index is 586. The van der Waals surface area contributed by atoms with E-state index < -0.39 is 0 Å². The topological polar surface area (TPSA) is 30.2 Å². The van der Waals surface area contributed by atoms with Crippen LogP contribution in [0.1, 0.15) is 49.1 Å². The number of ketones is 1. The summed E-state index contributed by atoms with van der Waals surface area (Å²) in [5.74, 6) is 0.547. The van der Waals surface area contributed by atoms with Crippen molar-refractivity contribution >= 4 is 16.8 Å². The molecule has 19 heavy (non-hydrogen) atoms. The van der Waals surface area contributed by atoms with Crippen molar-refractivity contribution in [3.63, 3.8) is 0 Å². The van der Waals surface area contributed by atoms with Crippen LogP contribution in [0.5, 0.6) is 0 Å². The Labute approximate surface area is 113 Å². The standard InChI is InChI=1S/C17H18O2/c18-17(13-8-4-2-1-3-5-9-13)16-12-14-10-6-7-11-15(14)19-16/h6-8,10-12H,1-5,9H2/b13-8+. The van der Waals surface area contributed by atoms with Crippen LogP contribution >= 0.6 is 0 Å². The lowest BCUT2D eigenvalue weighted by Gasteiger charge is -2.08. The summed E-state index contributed by atoms with van der Waals surface area (Å²) in [5.41, 5.74) is 1.72. The van der Waals surface area contributed by atoms with Crippen LogP contribution in [-0.2, 0) is 0 Å². The number of hydrogen-bond donors (Lipinski definition) is 0. The van der Waals surface area contributed by atoms with Crippen LogP contribution in [0, 0.1) is 0 Å². The number of benzene rings is 1. The quantitative estimate of drug-likeness (QED) is 0.714. The fourth-order valence-electron chi connectivity index (χ4n) is 2.65. The number of hydrogen-bond acceptors (Lipinski definition) is 2. The van der Waals surface area contributed by atoms with Crippen molar-refractivity contribution in [1.29, 1.82) is 0 Å². The molecule has 0 aliphatic heterocycles. The monoisotopic (exact) mass is 254 g/mol. The van der Waals surface area contributed by atoms with E-state index in [9.17, 15) is 4.79 Å². The van der Waals surface area contributed by atoms with E-state index in [0.717, 1.165) is 35.8 Å². The number of allylic oxidation sites excluding steroid dienone is 2. The highest BCUT2D eigenvalue weighted by Crippen LogP contribution is 2.24. The van der Waals surface area contributed by atoms with Crippen LogP contribution in [0.15, 0.2) is 46.4 Å². The molecule has 0 spiro atoms. The molecule has 0 N–H and O–H groups in total. The first-order valence-electron chi connectivity index (χ1n) is 7.07. The van der Waals surface area contributed by atoms with E-state index in [2.05, 4.69) is 6.08 Å². The minimum Gasteiger partial charge on any atom is -0.453 e. The number of carbonyl (C=O) groups excluding carboxylic acids is 1. The van der Waals surface area contributed by atoms with Crippen LogP contribution in [-0.4, -0.2) is 5.78 Å². The molecule has 3 rings (SSSR count). The summed E-state index contributed by atoms with van der Waals surface area (Å²) in [7, 11) is 0. The van der Waals surface area contributed by atoms with Gasteiger partial charge in [0.1, 0.15) is 5.58 Å². The van der Waals surface area contributed by atoms with Crippen LogP contribution in [0.4, 0.5) is 0 Å². The fraction of sp³-hybridized carbons (Fsp3) is 0.353. The molecule has 98 valence electrons. The van der Waals surface area contributed by atoms with E-state index in [1.54, 1.807) is 0 Å². The van der Waals surface area contributed by atoms with Crippen molar-refractivity contribution in [3.8, 4) is 0 Å². The predicted octanol–water partition coefficient (Wildman–Crippen LogP) is 4.90. The van der Waals surface area contributed by atoms with Crippen LogP contribution in [0.3, 0.4) is 0 Å². The second-order valence-electron chi connectivity index (χ2n) is 5.16. The Balaban J connectivity index is 1.89. The molecule has 2 nitrogen and oxygen atoms in total. The summed E-state index contributed by atoms with van der Waals surface area (Å²) in [6, 6.07) is 9.62. The minimum absolute atomic E-state index is 0.0677. The van der Waals surface area contributed by atoms with Crippen molar-refractivity contribution in [2.24, 2.45) is 0 Å². The lowest BCUT2D eigenvalue weighted by Crippen LogP contribution is -2.04. The maximum atomic E-state index is 12.5. The van der Waals surface area contributed by atoms with E-state index in [1.165, 1.54) is 19.3 Å². The molecule has 0 unspecified atom stereocenters. The summed E-state index contributed by atoms with van der Waals surface area (Å²) in [6.45, 7) is 0. The van der Waals surface area contributed by atoms with Crippen molar-refractivity contribution in [2.45, 2.75) is 38.5 Å². The lowest BCUT2D eigenvalue weighted by molar-refractivity contribution is 0.100. The minimum atomic E-state index is 0.0677. The molecule has 0 bridgehead atoms. The van der Waals surface area contributed by atoms with Crippen molar-refractivity contribution in [2.75, 3.05) is 0 Å². The number of Topliss-reactive ketones (excluding diaryl/α,β-unsaturated/α-hetero) is 1. The maximum absolute atomic E-state index is 12.5. The molecule has 0 radical (unpaired) electrons. The SMILES string of the molecule is O=C(/C1=C/CCCCCC1)c1cc2ccccc2o1. The van der Waals surface area contributed by atoms with Gasteiger partial charge in [-0.25, -0.2) is 0 Å². The molecule has 0 saturated carbocycles. The lowest BCUT2D eigenvalue weighted by atomic mass is 9.96. The number of carbonyl (C=O) groups is 1. The Morgan fingerprint density at radius 1 is 1.05 bits per heavy atom. The van der Waals surface area contributed by atoms with E-state index in [0.29, 0.717) is 5.76 Å². The highest BCUT2D eigenvalue weighted by atomic mass is 16.3. The molecule has 1 aliphatic carbocycles. The van der Waals surface area contributed by atoms with Gasteiger partial charge in [-0.2, -0.15) is 0 Å². The smallest absolute Gasteiger partial charge is 0.223 e. The third kappa shape index (κ3) is 2.62. The molecule has 1 aliphatic rings. The average Bonchev–Trinajstić information content (AvgIpc) is 2.81. The summed E-state index contributed by atoms with van der Waals surface area (Å²) in [5, 5.41) is 0.997. The number of furan rings is 1. The summed E-state index contributed by atoms with van der Waals surface area (Å²) in [4.78, 5) is 12.5. The van der Waals surface area contributed by atoms with Gasteiger partial charge in [-0.3, -0.25) is 4.79 Å². The van der Waals surface area contributed by atoms with Crippen molar-refractivity contribution < 1.29 is 9.21 Å². The van der Waals surface area contributed by atoms with Gasteiger partial charge in [-0.05, 0) is 43.4 Å².